The Labute approximate surface area is 125 Å². The first-order valence-corrected chi connectivity index (χ1v) is 7.63. The van der Waals surface area contributed by atoms with E-state index in [1.807, 2.05) is 0 Å². The maximum atomic E-state index is 12.1. The minimum Gasteiger partial charge on any atom is -0.358 e. The number of nitro groups is 1. The number of carbonyl (C=O) groups excluding carboxylic acids is 1. The number of rotatable bonds is 4. The lowest BCUT2D eigenvalue weighted by Gasteiger charge is -2.25. The summed E-state index contributed by atoms with van der Waals surface area (Å²) in [5.74, 6) is 0.151. The molecule has 1 fully saturated rings. The second kappa shape index (κ2) is 6.39. The summed E-state index contributed by atoms with van der Waals surface area (Å²) in [5.41, 5.74) is 0.322. The van der Waals surface area contributed by atoms with Gasteiger partial charge in [0.25, 0.3) is 5.91 Å². The summed E-state index contributed by atoms with van der Waals surface area (Å²) in [7, 11) is 1.53. The third-order valence-electron chi connectivity index (χ3n) is 3.79. The SMILES string of the molecule is Cn1c(C(=O)NCC2CCCC(Br)C2)ccc1[N+](=O)[O-]. The van der Waals surface area contributed by atoms with Gasteiger partial charge in [0.1, 0.15) is 0 Å². The quantitative estimate of drug-likeness (QED) is 0.518. The molecule has 0 radical (unpaired) electrons. The van der Waals surface area contributed by atoms with E-state index in [4.69, 9.17) is 0 Å². The molecule has 0 aromatic carbocycles. The molecule has 1 heterocycles. The minimum absolute atomic E-state index is 0.0756. The second-order valence-electron chi connectivity index (χ2n) is 5.23. The van der Waals surface area contributed by atoms with Gasteiger partial charge in [-0.05, 0) is 36.2 Å². The lowest BCUT2D eigenvalue weighted by atomic mass is 9.89. The first kappa shape index (κ1) is 15.0. The summed E-state index contributed by atoms with van der Waals surface area (Å²) in [5, 5.41) is 13.6. The number of nitrogens with zero attached hydrogens (tertiary/aromatic N) is 2. The Hall–Kier alpha value is -1.37. The highest BCUT2D eigenvalue weighted by molar-refractivity contribution is 9.09. The summed E-state index contributed by atoms with van der Waals surface area (Å²) in [6.45, 7) is 0.625. The van der Waals surface area contributed by atoms with Crippen LogP contribution in [0.3, 0.4) is 0 Å². The molecule has 1 saturated carbocycles. The Morgan fingerprint density at radius 3 is 2.90 bits per heavy atom. The van der Waals surface area contributed by atoms with E-state index in [1.54, 1.807) is 0 Å². The number of halogens is 1. The fourth-order valence-corrected chi connectivity index (χ4v) is 3.50. The fraction of sp³-hybridized carbons (Fsp3) is 0.615. The van der Waals surface area contributed by atoms with Crippen molar-refractivity contribution in [3.8, 4) is 0 Å². The summed E-state index contributed by atoms with van der Waals surface area (Å²) >= 11 is 3.62. The maximum Gasteiger partial charge on any atom is 0.323 e. The van der Waals surface area contributed by atoms with E-state index in [0.717, 1.165) is 12.8 Å². The Bertz CT molecular complexity index is 515. The zero-order valence-electron chi connectivity index (χ0n) is 11.3. The molecule has 110 valence electrons. The van der Waals surface area contributed by atoms with E-state index in [0.29, 0.717) is 23.0 Å². The molecule has 2 unspecified atom stereocenters. The van der Waals surface area contributed by atoms with Crippen molar-refractivity contribution in [2.75, 3.05) is 6.54 Å². The van der Waals surface area contributed by atoms with Crippen molar-refractivity contribution < 1.29 is 9.72 Å². The van der Waals surface area contributed by atoms with Crippen LogP contribution in [0, 0.1) is 16.0 Å². The molecule has 0 saturated heterocycles. The molecular formula is C13H18BrN3O3. The Morgan fingerprint density at radius 1 is 1.55 bits per heavy atom. The van der Waals surface area contributed by atoms with Gasteiger partial charge in [0.2, 0.25) is 0 Å². The lowest BCUT2D eigenvalue weighted by molar-refractivity contribution is -0.391. The predicted octanol–water partition coefficient (Wildman–Crippen LogP) is 2.62. The molecule has 1 aromatic heterocycles. The summed E-state index contributed by atoms with van der Waals surface area (Å²) < 4.78 is 1.31. The van der Waals surface area contributed by atoms with Gasteiger partial charge < -0.3 is 15.4 Å². The molecule has 2 atom stereocenters. The van der Waals surface area contributed by atoms with Gasteiger partial charge >= 0.3 is 5.82 Å². The molecule has 1 amide bonds. The highest BCUT2D eigenvalue weighted by Crippen LogP contribution is 2.28. The van der Waals surface area contributed by atoms with Crippen molar-refractivity contribution in [1.82, 2.24) is 9.88 Å². The van der Waals surface area contributed by atoms with Crippen LogP contribution in [0.15, 0.2) is 12.1 Å². The Kier molecular flexibility index (Phi) is 4.80. The van der Waals surface area contributed by atoms with Crippen molar-refractivity contribution in [3.05, 3.63) is 27.9 Å². The number of hydrogen-bond donors (Lipinski definition) is 1. The Morgan fingerprint density at radius 2 is 2.30 bits per heavy atom. The molecule has 1 aliphatic rings. The molecule has 1 aromatic rings. The van der Waals surface area contributed by atoms with Crippen molar-refractivity contribution in [1.29, 1.82) is 0 Å². The molecule has 0 spiro atoms. The van der Waals surface area contributed by atoms with Gasteiger partial charge in [-0.2, -0.15) is 0 Å². The van der Waals surface area contributed by atoms with Crippen LogP contribution >= 0.6 is 15.9 Å². The van der Waals surface area contributed by atoms with Gasteiger partial charge in [-0.25, -0.2) is 4.57 Å². The lowest BCUT2D eigenvalue weighted by Crippen LogP contribution is -2.32. The number of hydrogen-bond acceptors (Lipinski definition) is 3. The van der Waals surface area contributed by atoms with Gasteiger partial charge in [0, 0.05) is 17.4 Å². The topological polar surface area (TPSA) is 77.2 Å². The van der Waals surface area contributed by atoms with E-state index < -0.39 is 4.92 Å². The average Bonchev–Trinajstić information content (AvgIpc) is 2.78. The van der Waals surface area contributed by atoms with E-state index in [-0.39, 0.29) is 11.7 Å². The number of alkyl halides is 1. The number of nitrogens with one attached hydrogen (secondary N) is 1. The van der Waals surface area contributed by atoms with Crippen LogP contribution in [-0.2, 0) is 7.05 Å². The highest BCUT2D eigenvalue weighted by atomic mass is 79.9. The van der Waals surface area contributed by atoms with Crippen LogP contribution in [0.2, 0.25) is 0 Å². The third kappa shape index (κ3) is 3.39. The van der Waals surface area contributed by atoms with Crippen LogP contribution in [0.5, 0.6) is 0 Å². The summed E-state index contributed by atoms with van der Waals surface area (Å²) in [6.07, 6.45) is 4.55. The molecule has 0 aliphatic heterocycles. The molecule has 2 rings (SSSR count). The van der Waals surface area contributed by atoms with E-state index in [2.05, 4.69) is 21.2 Å². The largest absolute Gasteiger partial charge is 0.358 e. The van der Waals surface area contributed by atoms with Gasteiger partial charge in [0.15, 0.2) is 5.69 Å². The molecule has 1 aliphatic carbocycles. The molecule has 7 heteroatoms. The van der Waals surface area contributed by atoms with Crippen molar-refractivity contribution in [2.45, 2.75) is 30.5 Å². The first-order valence-electron chi connectivity index (χ1n) is 6.71. The highest BCUT2D eigenvalue weighted by Gasteiger charge is 2.23. The van der Waals surface area contributed by atoms with E-state index in [1.165, 1.54) is 36.6 Å². The van der Waals surface area contributed by atoms with Crippen molar-refractivity contribution in [2.24, 2.45) is 13.0 Å². The zero-order valence-corrected chi connectivity index (χ0v) is 12.9. The van der Waals surface area contributed by atoms with Crippen LogP contribution < -0.4 is 5.32 Å². The minimum atomic E-state index is -0.493. The van der Waals surface area contributed by atoms with Gasteiger partial charge in [-0.3, -0.25) is 4.79 Å². The normalized spacial score (nSPS) is 22.5. The van der Waals surface area contributed by atoms with Crippen LogP contribution in [0.1, 0.15) is 36.2 Å². The monoisotopic (exact) mass is 343 g/mol. The van der Waals surface area contributed by atoms with E-state index >= 15 is 0 Å². The second-order valence-corrected chi connectivity index (χ2v) is 6.53. The standard InChI is InChI=1S/C13H18BrN3O3/c1-16-11(5-6-12(16)17(19)20)13(18)15-8-9-3-2-4-10(14)7-9/h5-6,9-10H,2-4,7-8H2,1H3,(H,15,18). The molecule has 1 N–H and O–H groups in total. The zero-order chi connectivity index (χ0) is 14.7. The van der Waals surface area contributed by atoms with Crippen LogP contribution in [-0.4, -0.2) is 26.8 Å². The van der Waals surface area contributed by atoms with Crippen molar-refractivity contribution in [3.63, 3.8) is 0 Å². The first-order chi connectivity index (χ1) is 9.49. The van der Waals surface area contributed by atoms with Gasteiger partial charge in [0.05, 0.1) is 7.05 Å². The van der Waals surface area contributed by atoms with Crippen LogP contribution in [0.4, 0.5) is 5.82 Å². The van der Waals surface area contributed by atoms with Gasteiger partial charge in [-0.1, -0.05) is 22.4 Å². The number of amides is 1. The molecule has 6 nitrogen and oxygen atoms in total. The average molecular weight is 344 g/mol. The maximum absolute atomic E-state index is 12.1. The predicted molar refractivity (Wildman–Crippen MR) is 79.1 cm³/mol. The summed E-state index contributed by atoms with van der Waals surface area (Å²) in [4.78, 5) is 22.8. The van der Waals surface area contributed by atoms with E-state index in [9.17, 15) is 14.9 Å². The van der Waals surface area contributed by atoms with Gasteiger partial charge in [-0.15, -0.1) is 0 Å². The third-order valence-corrected chi connectivity index (χ3v) is 4.62. The molecule has 20 heavy (non-hydrogen) atoms. The smallest absolute Gasteiger partial charge is 0.323 e. The number of carbonyl (C=O) groups is 1. The van der Waals surface area contributed by atoms with Crippen LogP contribution in [0.25, 0.3) is 0 Å². The molecule has 0 bridgehead atoms. The Balaban J connectivity index is 1.93. The van der Waals surface area contributed by atoms with Crippen molar-refractivity contribution >= 4 is 27.7 Å². The fourth-order valence-electron chi connectivity index (χ4n) is 2.65. The summed E-state index contributed by atoms with van der Waals surface area (Å²) in [6, 6.07) is 2.84. The number of aromatic nitrogens is 1. The molecular weight excluding hydrogens is 326 g/mol.